The Bertz CT molecular complexity index is 1770. The molecule has 0 spiro atoms. The molecule has 6 aromatic rings. The lowest BCUT2D eigenvalue weighted by Crippen LogP contribution is -2.13. The number of phosphoric acid groups is 1. The molecule has 0 fully saturated rings. The molecule has 206 valence electrons. The first-order valence-electron chi connectivity index (χ1n) is 13.5. The van der Waals surface area contributed by atoms with Gasteiger partial charge in [-0.15, -0.1) is 9.24 Å². The number of rotatable bonds is 9. The summed E-state index contributed by atoms with van der Waals surface area (Å²) in [6.45, 7) is 0. The molecule has 0 saturated carbocycles. The van der Waals surface area contributed by atoms with Crippen LogP contribution in [-0.2, 0) is 4.57 Å². The second-order valence-corrected chi connectivity index (χ2v) is 11.6. The van der Waals surface area contributed by atoms with Crippen LogP contribution < -0.4 is 18.9 Å². The Hall–Kier alpha value is -4.62. The van der Waals surface area contributed by atoms with Crippen LogP contribution in [-0.4, -0.2) is 0 Å². The van der Waals surface area contributed by atoms with Gasteiger partial charge < -0.3 is 13.6 Å². The third-order valence-electron chi connectivity index (χ3n) is 6.67. The van der Waals surface area contributed by atoms with Crippen molar-refractivity contribution in [1.29, 1.82) is 0 Å². The molecule has 1 atom stereocenters. The number of hydrogen-bond donors (Lipinski definition) is 0. The summed E-state index contributed by atoms with van der Waals surface area (Å²) in [5.74, 6) is 1.11. The van der Waals surface area contributed by atoms with Gasteiger partial charge in [0.1, 0.15) is 17.2 Å². The molecule has 6 heteroatoms. The molecular weight excluding hydrogens is 558 g/mol. The van der Waals surface area contributed by atoms with E-state index in [4.69, 9.17) is 13.6 Å². The number of para-hydroxylation sites is 2. The van der Waals surface area contributed by atoms with Crippen LogP contribution in [0.4, 0.5) is 0 Å². The molecule has 0 aliphatic rings. The Morgan fingerprint density at radius 2 is 0.833 bits per heavy atom. The summed E-state index contributed by atoms with van der Waals surface area (Å²) in [7, 11) is -1.43. The minimum atomic E-state index is -4.24. The second kappa shape index (κ2) is 12.5. The Kier molecular flexibility index (Phi) is 8.19. The molecule has 6 aromatic carbocycles. The third kappa shape index (κ3) is 6.16. The van der Waals surface area contributed by atoms with Crippen LogP contribution in [0, 0.1) is 0 Å². The molecule has 0 aliphatic heterocycles. The topological polar surface area (TPSA) is 44.8 Å². The van der Waals surface area contributed by atoms with E-state index in [1.807, 2.05) is 72.8 Å². The van der Waals surface area contributed by atoms with Crippen LogP contribution in [0.2, 0.25) is 0 Å². The van der Waals surface area contributed by atoms with Gasteiger partial charge in [-0.1, -0.05) is 127 Å². The maximum absolute atomic E-state index is 14.4. The Morgan fingerprint density at radius 1 is 0.452 bits per heavy atom. The van der Waals surface area contributed by atoms with E-state index in [1.54, 1.807) is 48.5 Å². The van der Waals surface area contributed by atoms with Gasteiger partial charge in [-0.05, 0) is 58.1 Å². The summed E-state index contributed by atoms with van der Waals surface area (Å²) < 4.78 is 32.7. The highest BCUT2D eigenvalue weighted by Gasteiger charge is 2.35. The summed E-state index contributed by atoms with van der Waals surface area (Å²) in [5.41, 5.74) is 5.93. The largest absolute Gasteiger partial charge is 0.647 e. The number of hydrogen-bond acceptors (Lipinski definition) is 4. The summed E-state index contributed by atoms with van der Waals surface area (Å²) in [6.07, 6.45) is 0. The monoisotopic (exact) mass is 586 g/mol. The Balaban J connectivity index is 1.57. The molecule has 0 bridgehead atoms. The molecule has 0 saturated heterocycles. The molecule has 6 rings (SSSR count). The number of benzene rings is 6. The van der Waals surface area contributed by atoms with Gasteiger partial charge >= 0.3 is 7.82 Å². The molecule has 0 aromatic heterocycles. The minimum Gasteiger partial charge on any atom is -0.386 e. The molecule has 0 radical (unpaired) electrons. The van der Waals surface area contributed by atoms with Crippen molar-refractivity contribution in [1.82, 2.24) is 0 Å². The fraction of sp³-hybridized carbons (Fsp3) is 0. The van der Waals surface area contributed by atoms with Gasteiger partial charge in [0, 0.05) is 10.9 Å². The normalized spacial score (nSPS) is 11.1. The zero-order valence-corrected chi connectivity index (χ0v) is 24.7. The van der Waals surface area contributed by atoms with E-state index < -0.39 is 7.82 Å². The van der Waals surface area contributed by atoms with E-state index in [9.17, 15) is 4.57 Å². The summed E-state index contributed by atoms with van der Waals surface area (Å²) in [5, 5.41) is 0.730. The van der Waals surface area contributed by atoms with Crippen molar-refractivity contribution in [2.24, 2.45) is 0 Å². The van der Waals surface area contributed by atoms with Gasteiger partial charge in [0.25, 0.3) is 0 Å². The molecular formula is C36H28O4P2. The first-order valence-corrected chi connectivity index (χ1v) is 15.6. The van der Waals surface area contributed by atoms with Crippen molar-refractivity contribution in [2.45, 2.75) is 0 Å². The van der Waals surface area contributed by atoms with Crippen LogP contribution in [0.15, 0.2) is 158 Å². The lowest BCUT2D eigenvalue weighted by atomic mass is 9.87. The van der Waals surface area contributed by atoms with E-state index in [1.165, 1.54) is 0 Å². The van der Waals surface area contributed by atoms with Crippen LogP contribution in [0.1, 0.15) is 0 Å². The number of phosphoric ester groups is 1. The van der Waals surface area contributed by atoms with E-state index in [2.05, 4.69) is 45.6 Å². The van der Waals surface area contributed by atoms with E-state index in [0.717, 1.165) is 38.7 Å². The van der Waals surface area contributed by atoms with Gasteiger partial charge in [0.2, 0.25) is 0 Å². The maximum atomic E-state index is 14.4. The maximum Gasteiger partial charge on any atom is 0.647 e. The van der Waals surface area contributed by atoms with E-state index in [-0.39, 0.29) is 0 Å². The minimum absolute atomic E-state index is 0.368. The third-order valence-corrected chi connectivity index (χ3v) is 8.53. The SMILES string of the molecule is O=P(Oc1ccccc1)(Oc1ccccc1)Oc1cc(-c2ccccc2)c(-c2ccccc2)c(-c2ccccc2)c1P. The van der Waals surface area contributed by atoms with Gasteiger partial charge in [-0.25, -0.2) is 0 Å². The van der Waals surface area contributed by atoms with Crippen LogP contribution in [0.25, 0.3) is 33.4 Å². The predicted molar refractivity (Wildman–Crippen MR) is 174 cm³/mol. The first kappa shape index (κ1) is 27.5. The van der Waals surface area contributed by atoms with Crippen molar-refractivity contribution in [3.63, 3.8) is 0 Å². The van der Waals surface area contributed by atoms with Crippen LogP contribution in [0.3, 0.4) is 0 Å². The molecule has 0 N–H and O–H groups in total. The molecule has 4 nitrogen and oxygen atoms in total. The standard InChI is InChI=1S/C36H28O4P2/c37-42(38-30-22-12-4-13-23-30,39-31-24-14-5-15-25-31)40-33-26-32(27-16-6-1-7-17-27)34(28-18-8-2-9-19-28)35(36(33)41)29-20-10-3-11-21-29/h1-26H,41H2. The Morgan fingerprint density at radius 3 is 1.29 bits per heavy atom. The van der Waals surface area contributed by atoms with Gasteiger partial charge in [-0.3, -0.25) is 0 Å². The smallest absolute Gasteiger partial charge is 0.386 e. The highest BCUT2D eigenvalue weighted by molar-refractivity contribution is 7.49. The molecule has 0 aliphatic carbocycles. The van der Waals surface area contributed by atoms with Crippen molar-refractivity contribution in [3.05, 3.63) is 158 Å². The highest BCUT2D eigenvalue weighted by Crippen LogP contribution is 2.52. The second-order valence-electron chi connectivity index (χ2n) is 9.53. The van der Waals surface area contributed by atoms with Crippen LogP contribution >= 0.6 is 17.1 Å². The Labute approximate surface area is 248 Å². The summed E-state index contributed by atoms with van der Waals surface area (Å²) in [4.78, 5) is 0. The lowest BCUT2D eigenvalue weighted by molar-refractivity contribution is 0.299. The van der Waals surface area contributed by atoms with Gasteiger partial charge in [-0.2, -0.15) is 4.57 Å². The van der Waals surface area contributed by atoms with Crippen molar-refractivity contribution >= 4 is 22.4 Å². The average Bonchev–Trinajstić information content (AvgIpc) is 3.04. The average molecular weight is 587 g/mol. The lowest BCUT2D eigenvalue weighted by Gasteiger charge is -2.24. The molecule has 0 amide bonds. The van der Waals surface area contributed by atoms with Gasteiger partial charge in [0.05, 0.1) is 0 Å². The summed E-state index contributed by atoms with van der Waals surface area (Å²) >= 11 is 0. The van der Waals surface area contributed by atoms with E-state index >= 15 is 0 Å². The van der Waals surface area contributed by atoms with Crippen molar-refractivity contribution in [3.8, 4) is 50.6 Å². The van der Waals surface area contributed by atoms with E-state index in [0.29, 0.717) is 17.2 Å². The highest BCUT2D eigenvalue weighted by atomic mass is 31.2. The fourth-order valence-electron chi connectivity index (χ4n) is 4.80. The van der Waals surface area contributed by atoms with Gasteiger partial charge in [0.15, 0.2) is 0 Å². The molecule has 42 heavy (non-hydrogen) atoms. The zero-order valence-electron chi connectivity index (χ0n) is 22.7. The van der Waals surface area contributed by atoms with Crippen molar-refractivity contribution < 1.29 is 18.1 Å². The van der Waals surface area contributed by atoms with Crippen molar-refractivity contribution in [2.75, 3.05) is 0 Å². The zero-order chi connectivity index (χ0) is 28.8. The molecule has 1 unspecified atom stereocenters. The molecule has 0 heterocycles. The summed E-state index contributed by atoms with van der Waals surface area (Å²) in [6, 6.07) is 50.2. The quantitative estimate of drug-likeness (QED) is 0.158. The fourth-order valence-corrected chi connectivity index (χ4v) is 6.62. The van der Waals surface area contributed by atoms with Crippen LogP contribution in [0.5, 0.6) is 17.2 Å². The first-order chi connectivity index (χ1) is 20.6. The predicted octanol–water partition coefficient (Wildman–Crippen LogP) is 9.83.